The van der Waals surface area contributed by atoms with Crippen molar-refractivity contribution in [2.45, 2.75) is 57.5 Å². The number of benzene rings is 4. The molecule has 1 atom stereocenters. The van der Waals surface area contributed by atoms with Crippen molar-refractivity contribution in [3.63, 3.8) is 0 Å². The summed E-state index contributed by atoms with van der Waals surface area (Å²) < 4.78 is 29.5. The number of carbonyl (C=O) groups excluding carboxylic acids is 2. The van der Waals surface area contributed by atoms with Gasteiger partial charge in [-0.2, -0.15) is 0 Å². The zero-order valence-corrected chi connectivity index (χ0v) is 26.6. The number of nitrogens with zero attached hydrogens (tertiary/aromatic N) is 2. The van der Waals surface area contributed by atoms with E-state index in [-0.39, 0.29) is 29.7 Å². The lowest BCUT2D eigenvalue weighted by molar-refractivity contribution is -0.140. The summed E-state index contributed by atoms with van der Waals surface area (Å²) in [5, 5.41) is 2.89. The van der Waals surface area contributed by atoms with Crippen LogP contribution in [-0.4, -0.2) is 44.3 Å². The zero-order valence-electron chi connectivity index (χ0n) is 25.8. The molecule has 4 rings (SSSR count). The molecule has 0 saturated heterocycles. The van der Waals surface area contributed by atoms with E-state index in [4.69, 9.17) is 0 Å². The molecule has 0 aliphatic rings. The van der Waals surface area contributed by atoms with E-state index >= 15 is 0 Å². The highest BCUT2D eigenvalue weighted by Crippen LogP contribution is 2.27. The fourth-order valence-corrected chi connectivity index (χ4v) is 6.43. The fraction of sp³-hybridized carbons (Fsp3) is 0.278. The number of carbonyl (C=O) groups is 2. The van der Waals surface area contributed by atoms with Gasteiger partial charge in [0.1, 0.15) is 12.6 Å². The standard InChI is InChI=1S/C36H41N3O4S/c1-5-37-36(41)34(24-29-12-8-6-9-13-29)38(25-30-14-10-7-11-15-30)35(40)26-39(32-20-18-31(19-21-32)27(2)3)44(42,43)33-22-16-28(4)17-23-33/h6-23,27,34H,5,24-26H2,1-4H3,(H,37,41)/t34-/m0/s1. The van der Waals surface area contributed by atoms with Gasteiger partial charge >= 0.3 is 0 Å². The molecule has 1 N–H and O–H groups in total. The highest BCUT2D eigenvalue weighted by Gasteiger charge is 2.34. The van der Waals surface area contributed by atoms with Gasteiger partial charge in [-0.25, -0.2) is 8.42 Å². The Bertz CT molecular complexity index is 1620. The first-order valence-corrected chi connectivity index (χ1v) is 16.4. The average Bonchev–Trinajstić information content (AvgIpc) is 3.02. The highest BCUT2D eigenvalue weighted by molar-refractivity contribution is 7.92. The maximum absolute atomic E-state index is 14.4. The molecule has 0 fully saturated rings. The zero-order chi connectivity index (χ0) is 31.7. The number of anilines is 1. The first-order chi connectivity index (χ1) is 21.1. The van der Waals surface area contributed by atoms with E-state index in [0.717, 1.165) is 26.6 Å². The van der Waals surface area contributed by atoms with Crippen LogP contribution >= 0.6 is 0 Å². The molecule has 0 radical (unpaired) electrons. The number of amides is 2. The average molecular weight is 612 g/mol. The normalized spacial score (nSPS) is 12.0. The van der Waals surface area contributed by atoms with Gasteiger partial charge in [0.15, 0.2) is 0 Å². The van der Waals surface area contributed by atoms with Gasteiger partial charge < -0.3 is 10.2 Å². The second-order valence-corrected chi connectivity index (χ2v) is 13.0. The van der Waals surface area contributed by atoms with Gasteiger partial charge in [-0.05, 0) is 60.7 Å². The molecular formula is C36H41N3O4S. The van der Waals surface area contributed by atoms with Gasteiger partial charge in [0.05, 0.1) is 10.6 Å². The number of hydrogen-bond acceptors (Lipinski definition) is 4. The quantitative estimate of drug-likeness (QED) is 0.198. The number of likely N-dealkylation sites (N-methyl/N-ethyl adjacent to an activating group) is 1. The monoisotopic (exact) mass is 611 g/mol. The fourth-order valence-electron chi connectivity index (χ4n) is 5.02. The number of sulfonamides is 1. The number of aryl methyl sites for hydroxylation is 1. The summed E-state index contributed by atoms with van der Waals surface area (Å²) in [6.07, 6.45) is 0.277. The maximum atomic E-state index is 14.4. The van der Waals surface area contributed by atoms with Crippen molar-refractivity contribution in [1.82, 2.24) is 10.2 Å². The van der Waals surface area contributed by atoms with Crippen LogP contribution in [0, 0.1) is 6.92 Å². The number of nitrogens with one attached hydrogen (secondary N) is 1. The summed E-state index contributed by atoms with van der Waals surface area (Å²) >= 11 is 0. The molecule has 0 unspecified atom stereocenters. The van der Waals surface area contributed by atoms with Gasteiger partial charge in [0.2, 0.25) is 11.8 Å². The van der Waals surface area contributed by atoms with E-state index in [0.29, 0.717) is 12.2 Å². The largest absolute Gasteiger partial charge is 0.355 e. The van der Waals surface area contributed by atoms with Crippen molar-refractivity contribution < 1.29 is 18.0 Å². The first kappa shape index (κ1) is 32.5. The van der Waals surface area contributed by atoms with Gasteiger partial charge in [-0.1, -0.05) is 104 Å². The summed E-state index contributed by atoms with van der Waals surface area (Å²) in [4.78, 5) is 29.6. The molecular weight excluding hydrogens is 570 g/mol. The minimum absolute atomic E-state index is 0.0861. The van der Waals surface area contributed by atoms with Crippen molar-refractivity contribution >= 4 is 27.5 Å². The molecule has 4 aromatic rings. The molecule has 0 aromatic heterocycles. The summed E-state index contributed by atoms with van der Waals surface area (Å²) in [6, 6.07) is 31.9. The Hall–Kier alpha value is -4.43. The Morgan fingerprint density at radius 2 is 1.34 bits per heavy atom. The Morgan fingerprint density at radius 1 is 0.773 bits per heavy atom. The van der Waals surface area contributed by atoms with Crippen molar-refractivity contribution in [2.24, 2.45) is 0 Å². The van der Waals surface area contributed by atoms with Gasteiger partial charge in [0.25, 0.3) is 10.0 Å². The van der Waals surface area contributed by atoms with E-state index in [1.165, 1.54) is 4.90 Å². The molecule has 8 heteroatoms. The molecule has 0 aliphatic carbocycles. The Morgan fingerprint density at radius 3 is 1.89 bits per heavy atom. The first-order valence-electron chi connectivity index (χ1n) is 14.9. The lowest BCUT2D eigenvalue weighted by atomic mass is 10.0. The Kier molecular flexibility index (Phi) is 11.0. The van der Waals surface area contributed by atoms with Crippen LogP contribution in [0.5, 0.6) is 0 Å². The third-order valence-corrected chi connectivity index (χ3v) is 9.34. The molecule has 44 heavy (non-hydrogen) atoms. The second kappa shape index (κ2) is 14.8. The van der Waals surface area contributed by atoms with Crippen LogP contribution in [0.15, 0.2) is 114 Å². The number of hydrogen-bond donors (Lipinski definition) is 1. The van der Waals surface area contributed by atoms with Gasteiger partial charge in [-0.15, -0.1) is 0 Å². The third kappa shape index (κ3) is 8.14. The topological polar surface area (TPSA) is 86.8 Å². The summed E-state index contributed by atoms with van der Waals surface area (Å²) in [6.45, 7) is 7.90. The second-order valence-electron chi connectivity index (χ2n) is 11.2. The van der Waals surface area contributed by atoms with Gasteiger partial charge in [0, 0.05) is 19.5 Å². The van der Waals surface area contributed by atoms with E-state index in [9.17, 15) is 18.0 Å². The number of rotatable bonds is 13. The van der Waals surface area contributed by atoms with Crippen LogP contribution in [-0.2, 0) is 32.6 Å². The van der Waals surface area contributed by atoms with E-state index in [2.05, 4.69) is 19.2 Å². The predicted molar refractivity (Wildman–Crippen MR) is 176 cm³/mol. The maximum Gasteiger partial charge on any atom is 0.264 e. The minimum atomic E-state index is -4.14. The highest BCUT2D eigenvalue weighted by atomic mass is 32.2. The SMILES string of the molecule is CCNC(=O)[C@H](Cc1ccccc1)N(Cc1ccccc1)C(=O)CN(c1ccc(C(C)C)cc1)S(=O)(=O)c1ccc(C)cc1. The van der Waals surface area contributed by atoms with E-state index < -0.39 is 28.5 Å². The molecule has 0 spiro atoms. The van der Waals surface area contributed by atoms with Crippen molar-refractivity contribution in [2.75, 3.05) is 17.4 Å². The molecule has 0 aliphatic heterocycles. The summed E-state index contributed by atoms with van der Waals surface area (Å²) in [5.41, 5.74) is 4.08. The molecule has 0 bridgehead atoms. The van der Waals surface area contributed by atoms with Crippen LogP contribution in [0.3, 0.4) is 0 Å². The third-order valence-electron chi connectivity index (χ3n) is 7.55. The Balaban J connectivity index is 1.79. The molecule has 0 saturated carbocycles. The van der Waals surface area contributed by atoms with E-state index in [1.807, 2.05) is 86.6 Å². The van der Waals surface area contributed by atoms with Crippen molar-refractivity contribution in [3.8, 4) is 0 Å². The summed E-state index contributed by atoms with van der Waals surface area (Å²) in [7, 11) is -4.14. The van der Waals surface area contributed by atoms with E-state index in [1.54, 1.807) is 36.4 Å². The van der Waals surface area contributed by atoms with Gasteiger partial charge in [-0.3, -0.25) is 13.9 Å². The molecule has 0 heterocycles. The lowest BCUT2D eigenvalue weighted by Crippen LogP contribution is -2.53. The van der Waals surface area contributed by atoms with Crippen LogP contribution in [0.4, 0.5) is 5.69 Å². The predicted octanol–water partition coefficient (Wildman–Crippen LogP) is 6.09. The van der Waals surface area contributed by atoms with Crippen LogP contribution in [0.25, 0.3) is 0 Å². The minimum Gasteiger partial charge on any atom is -0.355 e. The molecule has 7 nitrogen and oxygen atoms in total. The Labute approximate surface area is 261 Å². The molecule has 2 amide bonds. The van der Waals surface area contributed by atoms with Crippen LogP contribution < -0.4 is 9.62 Å². The lowest BCUT2D eigenvalue weighted by Gasteiger charge is -2.34. The van der Waals surface area contributed by atoms with Crippen LogP contribution in [0.1, 0.15) is 48.9 Å². The summed E-state index contributed by atoms with van der Waals surface area (Å²) in [5.74, 6) is -0.524. The van der Waals surface area contributed by atoms with Crippen molar-refractivity contribution in [3.05, 3.63) is 131 Å². The molecule has 4 aromatic carbocycles. The van der Waals surface area contributed by atoms with Crippen LogP contribution in [0.2, 0.25) is 0 Å². The smallest absolute Gasteiger partial charge is 0.264 e. The van der Waals surface area contributed by atoms with Crippen molar-refractivity contribution in [1.29, 1.82) is 0 Å². The molecule has 230 valence electrons.